The highest BCUT2D eigenvalue weighted by Gasteiger charge is 2.06. The molecule has 1 N–H and O–H groups in total. The molecule has 0 fully saturated rings. The third kappa shape index (κ3) is 4.30. The fourth-order valence-electron chi connectivity index (χ4n) is 2.42. The molecular weight excluding hydrogens is 258 g/mol. The summed E-state index contributed by atoms with van der Waals surface area (Å²) in [6, 6.07) is 15.1. The quantitative estimate of drug-likeness (QED) is 0.838. The second kappa shape index (κ2) is 7.79. The molecule has 3 heteroatoms. The average molecular weight is 283 g/mol. The summed E-state index contributed by atoms with van der Waals surface area (Å²) in [5.74, 6) is 0. The van der Waals surface area contributed by atoms with Crippen molar-refractivity contribution in [1.29, 1.82) is 0 Å². The maximum Gasteiger partial charge on any atom is 0.0570 e. The maximum atomic E-state index is 4.38. The number of nitrogens with zero attached hydrogens (tertiary/aromatic N) is 2. The van der Waals surface area contributed by atoms with E-state index in [0.29, 0.717) is 0 Å². The van der Waals surface area contributed by atoms with E-state index >= 15 is 0 Å². The van der Waals surface area contributed by atoms with Crippen LogP contribution in [0.1, 0.15) is 38.1 Å². The van der Waals surface area contributed by atoms with Gasteiger partial charge in [0.15, 0.2) is 0 Å². The Morgan fingerprint density at radius 3 is 2.33 bits per heavy atom. The third-order valence-corrected chi connectivity index (χ3v) is 3.81. The van der Waals surface area contributed by atoms with Crippen LogP contribution in [-0.2, 0) is 6.54 Å². The number of aromatic nitrogens is 1. The Balaban J connectivity index is 1.92. The molecule has 0 amide bonds. The summed E-state index contributed by atoms with van der Waals surface area (Å²) in [5, 5.41) is 3.52. The van der Waals surface area contributed by atoms with Crippen molar-refractivity contribution in [2.45, 2.75) is 33.4 Å². The number of rotatable bonds is 7. The van der Waals surface area contributed by atoms with Crippen molar-refractivity contribution in [1.82, 2.24) is 10.3 Å². The van der Waals surface area contributed by atoms with Crippen LogP contribution in [0.3, 0.4) is 0 Å². The molecule has 112 valence electrons. The zero-order chi connectivity index (χ0) is 15.1. The van der Waals surface area contributed by atoms with Gasteiger partial charge in [-0.05, 0) is 50.6 Å². The number of benzene rings is 1. The normalized spacial score (nSPS) is 12.1. The molecule has 2 aromatic rings. The van der Waals surface area contributed by atoms with Crippen LogP contribution in [0.5, 0.6) is 0 Å². The minimum absolute atomic E-state index is 0.258. The van der Waals surface area contributed by atoms with Gasteiger partial charge in [0, 0.05) is 37.6 Å². The second-order valence-corrected chi connectivity index (χ2v) is 5.20. The van der Waals surface area contributed by atoms with Crippen molar-refractivity contribution in [3.63, 3.8) is 0 Å². The summed E-state index contributed by atoms with van der Waals surface area (Å²) in [4.78, 5) is 6.74. The van der Waals surface area contributed by atoms with Gasteiger partial charge in [0.05, 0.1) is 5.69 Å². The smallest absolute Gasteiger partial charge is 0.0570 e. The van der Waals surface area contributed by atoms with Gasteiger partial charge in [0.2, 0.25) is 0 Å². The van der Waals surface area contributed by atoms with E-state index in [1.54, 1.807) is 0 Å². The van der Waals surface area contributed by atoms with E-state index in [9.17, 15) is 0 Å². The molecule has 1 atom stereocenters. The topological polar surface area (TPSA) is 28.2 Å². The molecule has 0 bridgehead atoms. The monoisotopic (exact) mass is 283 g/mol. The predicted octanol–water partition coefficient (Wildman–Crippen LogP) is 3.78. The van der Waals surface area contributed by atoms with Crippen LogP contribution in [0, 0.1) is 0 Å². The van der Waals surface area contributed by atoms with E-state index in [4.69, 9.17) is 0 Å². The van der Waals surface area contributed by atoms with E-state index in [1.807, 2.05) is 18.3 Å². The lowest BCUT2D eigenvalue weighted by molar-refractivity contribution is 0.561. The van der Waals surface area contributed by atoms with Gasteiger partial charge in [-0.1, -0.05) is 18.2 Å². The first kappa shape index (κ1) is 15.5. The van der Waals surface area contributed by atoms with Gasteiger partial charge in [0.1, 0.15) is 0 Å². The highest BCUT2D eigenvalue weighted by molar-refractivity contribution is 5.47. The van der Waals surface area contributed by atoms with Gasteiger partial charge in [-0.15, -0.1) is 0 Å². The lowest BCUT2D eigenvalue weighted by atomic mass is 10.1. The SMILES string of the molecule is CCN(CC)c1ccc(CN[C@H](C)c2ccccn2)cc1. The second-order valence-electron chi connectivity index (χ2n) is 5.20. The molecule has 21 heavy (non-hydrogen) atoms. The Bertz CT molecular complexity index is 518. The van der Waals surface area contributed by atoms with Crippen molar-refractivity contribution < 1.29 is 0 Å². The molecule has 0 radical (unpaired) electrons. The number of pyridine rings is 1. The molecule has 3 nitrogen and oxygen atoms in total. The lowest BCUT2D eigenvalue weighted by Crippen LogP contribution is -2.22. The maximum absolute atomic E-state index is 4.38. The molecule has 0 aliphatic carbocycles. The van der Waals surface area contributed by atoms with Crippen molar-refractivity contribution in [3.05, 3.63) is 59.9 Å². The van der Waals surface area contributed by atoms with Crippen LogP contribution in [0.15, 0.2) is 48.7 Å². The van der Waals surface area contributed by atoms with E-state index in [2.05, 4.69) is 66.3 Å². The van der Waals surface area contributed by atoms with Gasteiger partial charge in [0.25, 0.3) is 0 Å². The zero-order valence-electron chi connectivity index (χ0n) is 13.2. The molecule has 1 aromatic heterocycles. The van der Waals surface area contributed by atoms with Crippen molar-refractivity contribution in [2.24, 2.45) is 0 Å². The van der Waals surface area contributed by atoms with Crippen LogP contribution < -0.4 is 10.2 Å². The standard InChI is InChI=1S/C18H25N3/c1-4-21(5-2)17-11-9-16(10-12-17)14-20-15(3)18-8-6-7-13-19-18/h6-13,15,20H,4-5,14H2,1-3H3/t15-/m1/s1. The van der Waals surface area contributed by atoms with Crippen molar-refractivity contribution in [2.75, 3.05) is 18.0 Å². The van der Waals surface area contributed by atoms with Crippen molar-refractivity contribution >= 4 is 5.69 Å². The number of hydrogen-bond acceptors (Lipinski definition) is 3. The van der Waals surface area contributed by atoms with Gasteiger partial charge in [-0.3, -0.25) is 4.98 Å². The van der Waals surface area contributed by atoms with Gasteiger partial charge < -0.3 is 10.2 Å². The Labute approximate surface area is 128 Å². The fraction of sp³-hybridized carbons (Fsp3) is 0.389. The van der Waals surface area contributed by atoms with Gasteiger partial charge in [-0.2, -0.15) is 0 Å². The van der Waals surface area contributed by atoms with Crippen LogP contribution in [0.2, 0.25) is 0 Å². The van der Waals surface area contributed by atoms with E-state index in [-0.39, 0.29) is 6.04 Å². The Morgan fingerprint density at radius 1 is 1.05 bits per heavy atom. The highest BCUT2D eigenvalue weighted by Crippen LogP contribution is 2.16. The Morgan fingerprint density at radius 2 is 1.76 bits per heavy atom. The minimum atomic E-state index is 0.258. The van der Waals surface area contributed by atoms with Gasteiger partial charge >= 0.3 is 0 Å². The zero-order valence-corrected chi connectivity index (χ0v) is 13.2. The largest absolute Gasteiger partial charge is 0.372 e. The third-order valence-electron chi connectivity index (χ3n) is 3.81. The van der Waals surface area contributed by atoms with E-state index in [0.717, 1.165) is 25.3 Å². The van der Waals surface area contributed by atoms with Crippen LogP contribution >= 0.6 is 0 Å². The van der Waals surface area contributed by atoms with E-state index < -0.39 is 0 Å². The molecule has 1 heterocycles. The fourth-order valence-corrected chi connectivity index (χ4v) is 2.42. The molecule has 0 spiro atoms. The number of hydrogen-bond donors (Lipinski definition) is 1. The molecule has 2 rings (SSSR count). The molecular formula is C18H25N3. The van der Waals surface area contributed by atoms with Gasteiger partial charge in [-0.25, -0.2) is 0 Å². The molecule has 0 aliphatic rings. The minimum Gasteiger partial charge on any atom is -0.372 e. The van der Waals surface area contributed by atoms with Crippen LogP contribution in [-0.4, -0.2) is 18.1 Å². The summed E-state index contributed by atoms with van der Waals surface area (Å²) in [7, 11) is 0. The van der Waals surface area contributed by atoms with Crippen LogP contribution in [0.4, 0.5) is 5.69 Å². The lowest BCUT2D eigenvalue weighted by Gasteiger charge is -2.21. The van der Waals surface area contributed by atoms with Crippen molar-refractivity contribution in [3.8, 4) is 0 Å². The first-order chi connectivity index (χ1) is 10.2. The first-order valence-corrected chi connectivity index (χ1v) is 7.72. The molecule has 0 unspecified atom stereocenters. The predicted molar refractivity (Wildman–Crippen MR) is 89.5 cm³/mol. The Hall–Kier alpha value is -1.87. The molecule has 0 aliphatic heterocycles. The number of anilines is 1. The molecule has 0 saturated heterocycles. The van der Waals surface area contributed by atoms with Crippen LogP contribution in [0.25, 0.3) is 0 Å². The summed E-state index contributed by atoms with van der Waals surface area (Å²) in [6.45, 7) is 9.47. The average Bonchev–Trinajstić information content (AvgIpc) is 2.55. The summed E-state index contributed by atoms with van der Waals surface area (Å²) >= 11 is 0. The first-order valence-electron chi connectivity index (χ1n) is 7.72. The van der Waals surface area contributed by atoms with E-state index in [1.165, 1.54) is 11.3 Å². The summed E-state index contributed by atoms with van der Waals surface area (Å²) in [5.41, 5.74) is 3.67. The summed E-state index contributed by atoms with van der Waals surface area (Å²) in [6.07, 6.45) is 1.84. The number of nitrogens with one attached hydrogen (secondary N) is 1. The summed E-state index contributed by atoms with van der Waals surface area (Å²) < 4.78 is 0. The highest BCUT2D eigenvalue weighted by atomic mass is 15.1. The molecule has 1 aromatic carbocycles. The molecule has 0 saturated carbocycles. The Kier molecular flexibility index (Phi) is 5.76.